The number of nitrogens with zero attached hydrogens (tertiary/aromatic N) is 4. The Bertz CT molecular complexity index is 1010. The van der Waals surface area contributed by atoms with Crippen molar-refractivity contribution >= 4 is 16.8 Å². The minimum atomic E-state index is -0.150. The van der Waals surface area contributed by atoms with Crippen LogP contribution in [0, 0.1) is 0 Å². The molecule has 0 amide bonds. The van der Waals surface area contributed by atoms with E-state index in [1.807, 2.05) is 66.2 Å². The van der Waals surface area contributed by atoms with Gasteiger partial charge in [0.25, 0.3) is 5.56 Å². The highest BCUT2D eigenvalue weighted by atomic mass is 16.1. The Balaban J connectivity index is 2.17. The fourth-order valence-electron chi connectivity index (χ4n) is 2.64. The Morgan fingerprint density at radius 3 is 2.29 bits per heavy atom. The molecule has 2 aromatic carbocycles. The van der Waals surface area contributed by atoms with Crippen LogP contribution in [0.5, 0.6) is 0 Å². The van der Waals surface area contributed by atoms with Gasteiger partial charge >= 0.3 is 0 Å². The summed E-state index contributed by atoms with van der Waals surface area (Å²) in [5, 5.41) is 8.36. The lowest BCUT2D eigenvalue weighted by Crippen LogP contribution is -2.18. The minimum absolute atomic E-state index is 0.150. The van der Waals surface area contributed by atoms with Crippen LogP contribution in [0.1, 0.15) is 0 Å². The third-order valence-corrected chi connectivity index (χ3v) is 3.68. The van der Waals surface area contributed by atoms with Crippen molar-refractivity contribution in [2.45, 2.75) is 0 Å². The lowest BCUT2D eigenvalue weighted by Gasteiger charge is -2.00. The van der Waals surface area contributed by atoms with Gasteiger partial charge in [-0.1, -0.05) is 42.5 Å². The van der Waals surface area contributed by atoms with E-state index in [1.165, 1.54) is 0 Å². The third-order valence-electron chi connectivity index (χ3n) is 3.68. The SMILES string of the molecule is Cn1c2ccccc2n2c(=O)c(-c3ccccc3)nnc12. The summed E-state index contributed by atoms with van der Waals surface area (Å²) in [6.45, 7) is 0. The number of rotatable bonds is 1. The average Bonchev–Trinajstić information content (AvgIpc) is 2.83. The second-order valence-corrected chi connectivity index (χ2v) is 4.90. The van der Waals surface area contributed by atoms with E-state index in [2.05, 4.69) is 10.2 Å². The predicted octanol–water partition coefficient (Wildman–Crippen LogP) is 2.25. The molecule has 5 nitrogen and oxygen atoms in total. The van der Waals surface area contributed by atoms with E-state index in [0.717, 1.165) is 16.6 Å². The van der Waals surface area contributed by atoms with Crippen molar-refractivity contribution in [1.82, 2.24) is 19.2 Å². The van der Waals surface area contributed by atoms with Crippen molar-refractivity contribution in [2.24, 2.45) is 7.05 Å². The first-order valence-electron chi connectivity index (χ1n) is 6.65. The van der Waals surface area contributed by atoms with Crippen molar-refractivity contribution < 1.29 is 0 Å². The molecular weight excluding hydrogens is 264 g/mol. The highest BCUT2D eigenvalue weighted by Crippen LogP contribution is 2.18. The molecule has 0 radical (unpaired) electrons. The van der Waals surface area contributed by atoms with Gasteiger partial charge in [-0.15, -0.1) is 10.2 Å². The van der Waals surface area contributed by atoms with Crippen molar-refractivity contribution in [2.75, 3.05) is 0 Å². The van der Waals surface area contributed by atoms with Gasteiger partial charge in [0.1, 0.15) is 0 Å². The summed E-state index contributed by atoms with van der Waals surface area (Å²) in [5.74, 6) is 0.542. The molecule has 2 aromatic heterocycles. The molecule has 0 aliphatic rings. The number of hydrogen-bond acceptors (Lipinski definition) is 3. The molecule has 0 atom stereocenters. The van der Waals surface area contributed by atoms with Gasteiger partial charge in [-0.3, -0.25) is 4.79 Å². The van der Waals surface area contributed by atoms with Crippen LogP contribution in [0.2, 0.25) is 0 Å². The Hall–Kier alpha value is -2.95. The van der Waals surface area contributed by atoms with Crippen LogP contribution in [0.4, 0.5) is 0 Å². The van der Waals surface area contributed by atoms with Gasteiger partial charge in [-0.25, -0.2) is 4.40 Å². The van der Waals surface area contributed by atoms with E-state index in [9.17, 15) is 4.79 Å². The fraction of sp³-hybridized carbons (Fsp3) is 0.0625. The second kappa shape index (κ2) is 4.28. The van der Waals surface area contributed by atoms with Crippen molar-refractivity contribution in [1.29, 1.82) is 0 Å². The van der Waals surface area contributed by atoms with Crippen LogP contribution >= 0.6 is 0 Å². The van der Waals surface area contributed by atoms with Crippen LogP contribution in [-0.2, 0) is 7.05 Å². The van der Waals surface area contributed by atoms with Gasteiger partial charge in [0, 0.05) is 12.6 Å². The first kappa shape index (κ1) is 11.8. The van der Waals surface area contributed by atoms with Crippen molar-refractivity contribution in [3.05, 3.63) is 65.0 Å². The summed E-state index contributed by atoms with van der Waals surface area (Å²) in [6, 6.07) is 17.1. The smallest absolute Gasteiger partial charge is 0.286 e. The summed E-state index contributed by atoms with van der Waals surface area (Å²) in [4.78, 5) is 12.8. The van der Waals surface area contributed by atoms with Crippen LogP contribution in [0.3, 0.4) is 0 Å². The van der Waals surface area contributed by atoms with Crippen LogP contribution in [-0.4, -0.2) is 19.2 Å². The molecule has 0 saturated carbocycles. The summed E-state index contributed by atoms with van der Waals surface area (Å²) in [7, 11) is 1.88. The van der Waals surface area contributed by atoms with Gasteiger partial charge in [0.2, 0.25) is 5.78 Å². The molecule has 0 spiro atoms. The zero-order valence-corrected chi connectivity index (χ0v) is 11.4. The molecule has 2 heterocycles. The summed E-state index contributed by atoms with van der Waals surface area (Å²) in [6.07, 6.45) is 0. The van der Waals surface area contributed by atoms with Gasteiger partial charge in [0.05, 0.1) is 11.0 Å². The van der Waals surface area contributed by atoms with E-state index in [4.69, 9.17) is 0 Å². The molecule has 0 aliphatic carbocycles. The van der Waals surface area contributed by atoms with Gasteiger partial charge in [0.15, 0.2) is 5.69 Å². The van der Waals surface area contributed by atoms with E-state index in [1.54, 1.807) is 4.40 Å². The number of para-hydroxylation sites is 2. The zero-order valence-electron chi connectivity index (χ0n) is 11.4. The number of aromatic nitrogens is 4. The second-order valence-electron chi connectivity index (χ2n) is 4.90. The minimum Gasteiger partial charge on any atom is -0.311 e. The standard InChI is InChI=1S/C16H12N4O/c1-19-12-9-5-6-10-13(12)20-15(21)14(17-18-16(19)20)11-7-3-2-4-8-11/h2-10H,1H3. The largest absolute Gasteiger partial charge is 0.311 e. The quantitative estimate of drug-likeness (QED) is 0.536. The molecule has 4 rings (SSSR count). The summed E-state index contributed by atoms with van der Waals surface area (Å²) in [5.41, 5.74) is 2.78. The fourth-order valence-corrected chi connectivity index (χ4v) is 2.64. The molecule has 102 valence electrons. The molecule has 0 N–H and O–H groups in total. The maximum atomic E-state index is 12.8. The van der Waals surface area contributed by atoms with Crippen LogP contribution < -0.4 is 5.56 Å². The lowest BCUT2D eigenvalue weighted by atomic mass is 10.2. The molecular formula is C16H12N4O. The normalized spacial score (nSPS) is 11.3. The van der Waals surface area contributed by atoms with E-state index in [0.29, 0.717) is 11.5 Å². The molecule has 0 fully saturated rings. The topological polar surface area (TPSA) is 52.2 Å². The molecule has 4 aromatic rings. The third kappa shape index (κ3) is 1.61. The molecule has 0 aliphatic heterocycles. The number of aryl methyl sites for hydroxylation is 1. The Kier molecular flexibility index (Phi) is 2.41. The molecule has 0 bridgehead atoms. The van der Waals surface area contributed by atoms with Gasteiger partial charge in [-0.2, -0.15) is 0 Å². The maximum absolute atomic E-state index is 12.8. The van der Waals surface area contributed by atoms with Crippen molar-refractivity contribution in [3.63, 3.8) is 0 Å². The van der Waals surface area contributed by atoms with E-state index >= 15 is 0 Å². The number of imidazole rings is 1. The Morgan fingerprint density at radius 2 is 1.52 bits per heavy atom. The molecule has 0 unspecified atom stereocenters. The number of fused-ring (bicyclic) bond motifs is 3. The van der Waals surface area contributed by atoms with Gasteiger partial charge in [-0.05, 0) is 12.1 Å². The monoisotopic (exact) mass is 276 g/mol. The Labute approximate surface area is 120 Å². The first-order valence-corrected chi connectivity index (χ1v) is 6.65. The summed E-state index contributed by atoms with van der Waals surface area (Å²) < 4.78 is 3.49. The average molecular weight is 276 g/mol. The summed E-state index contributed by atoms with van der Waals surface area (Å²) >= 11 is 0. The number of hydrogen-bond donors (Lipinski definition) is 0. The lowest BCUT2D eigenvalue weighted by molar-refractivity contribution is 0.880. The molecule has 0 saturated heterocycles. The van der Waals surface area contributed by atoms with Crippen LogP contribution in [0.25, 0.3) is 28.1 Å². The Morgan fingerprint density at radius 1 is 0.857 bits per heavy atom. The van der Waals surface area contributed by atoms with E-state index < -0.39 is 0 Å². The van der Waals surface area contributed by atoms with Crippen LogP contribution in [0.15, 0.2) is 59.4 Å². The highest BCUT2D eigenvalue weighted by Gasteiger charge is 2.15. The molecule has 5 heteroatoms. The highest BCUT2D eigenvalue weighted by molar-refractivity contribution is 5.80. The van der Waals surface area contributed by atoms with Gasteiger partial charge < -0.3 is 4.57 Å². The molecule has 21 heavy (non-hydrogen) atoms. The van der Waals surface area contributed by atoms with Crippen molar-refractivity contribution in [3.8, 4) is 11.3 Å². The maximum Gasteiger partial charge on any atom is 0.286 e. The zero-order chi connectivity index (χ0) is 14.4. The first-order chi connectivity index (χ1) is 10.3. The predicted molar refractivity (Wildman–Crippen MR) is 81.2 cm³/mol. The number of benzene rings is 2. The van der Waals surface area contributed by atoms with E-state index in [-0.39, 0.29) is 5.56 Å².